The van der Waals surface area contributed by atoms with Gasteiger partial charge in [-0.3, -0.25) is 14.4 Å². The molecule has 2 aromatic rings. The fraction of sp³-hybridized carbons (Fsp3) is 0.370. The zero-order valence-corrected chi connectivity index (χ0v) is 19.1. The standard InChI is InChI=1S/C27H26N2O6/c30-14-13-29-23-25(32)28(19-10-9-17-6-1-2-7-18(17)16-19)12-5-11-27(23)22(24(29)31)21-20(35-27)8-3-4-15-34-26(21)33/h1-3,5-11,16,20-23,30H,4,12-15H2/t20-,21+,22+,23?,27+/m1/s1. The molecule has 2 saturated heterocycles. The monoisotopic (exact) mass is 474 g/mol. The number of aliphatic hydroxyl groups excluding tert-OH is 1. The number of aliphatic hydroxyl groups is 1. The van der Waals surface area contributed by atoms with Crippen LogP contribution in [-0.2, 0) is 23.9 Å². The molecule has 1 spiro atoms. The predicted octanol–water partition coefficient (Wildman–Crippen LogP) is 1.82. The van der Waals surface area contributed by atoms with Gasteiger partial charge in [-0.25, -0.2) is 0 Å². The van der Waals surface area contributed by atoms with E-state index < -0.39 is 35.6 Å². The van der Waals surface area contributed by atoms with Crippen LogP contribution in [0, 0.1) is 11.8 Å². The largest absolute Gasteiger partial charge is 0.465 e. The van der Waals surface area contributed by atoms with E-state index in [1.165, 1.54) is 4.90 Å². The van der Waals surface area contributed by atoms with E-state index in [0.29, 0.717) is 18.7 Å². The van der Waals surface area contributed by atoms with Crippen LogP contribution in [0.15, 0.2) is 66.8 Å². The molecule has 1 unspecified atom stereocenters. The molecule has 6 rings (SSSR count). The number of ether oxygens (including phenoxy) is 2. The summed E-state index contributed by atoms with van der Waals surface area (Å²) >= 11 is 0. The van der Waals surface area contributed by atoms with Crippen LogP contribution in [0.4, 0.5) is 5.69 Å². The number of hydrogen-bond donors (Lipinski definition) is 1. The summed E-state index contributed by atoms with van der Waals surface area (Å²) in [5, 5.41) is 11.8. The number of fused-ring (bicyclic) bond motifs is 3. The molecule has 2 aromatic carbocycles. The average Bonchev–Trinajstić information content (AvgIpc) is 3.22. The number of esters is 1. The van der Waals surface area contributed by atoms with Crippen molar-refractivity contribution in [3.8, 4) is 0 Å². The third kappa shape index (κ3) is 3.24. The molecule has 35 heavy (non-hydrogen) atoms. The van der Waals surface area contributed by atoms with Crippen LogP contribution in [-0.4, -0.2) is 71.8 Å². The molecular formula is C27H26N2O6. The molecule has 1 N–H and O–H groups in total. The summed E-state index contributed by atoms with van der Waals surface area (Å²) in [6, 6.07) is 12.7. The van der Waals surface area contributed by atoms with Crippen LogP contribution < -0.4 is 4.90 Å². The SMILES string of the molecule is O=C1OCCC=C[C@H]2O[C@]34C=CCN(c5ccc6ccccc6c5)C(=O)C3N(CCO)C(=O)[C@@H]4[C@@H]12. The van der Waals surface area contributed by atoms with Gasteiger partial charge in [-0.15, -0.1) is 0 Å². The second-order valence-electron chi connectivity index (χ2n) is 9.36. The van der Waals surface area contributed by atoms with E-state index in [1.807, 2.05) is 60.7 Å². The van der Waals surface area contributed by atoms with Crippen LogP contribution in [0.3, 0.4) is 0 Å². The predicted molar refractivity (Wildman–Crippen MR) is 127 cm³/mol. The van der Waals surface area contributed by atoms with Gasteiger partial charge in [-0.05, 0) is 29.3 Å². The van der Waals surface area contributed by atoms with Crippen LogP contribution >= 0.6 is 0 Å². The molecule has 0 aromatic heterocycles. The van der Waals surface area contributed by atoms with E-state index in [4.69, 9.17) is 9.47 Å². The van der Waals surface area contributed by atoms with E-state index in [9.17, 15) is 19.5 Å². The van der Waals surface area contributed by atoms with E-state index >= 15 is 0 Å². The van der Waals surface area contributed by atoms with Gasteiger partial charge in [0.05, 0.1) is 25.2 Å². The van der Waals surface area contributed by atoms with Crippen molar-refractivity contribution in [3.05, 3.63) is 66.8 Å². The topological polar surface area (TPSA) is 96.4 Å². The molecule has 180 valence electrons. The lowest BCUT2D eigenvalue weighted by atomic mass is 9.77. The van der Waals surface area contributed by atoms with Crippen molar-refractivity contribution in [1.82, 2.24) is 4.90 Å². The smallest absolute Gasteiger partial charge is 0.312 e. The van der Waals surface area contributed by atoms with Gasteiger partial charge in [0.2, 0.25) is 5.91 Å². The van der Waals surface area contributed by atoms with Gasteiger partial charge in [0.15, 0.2) is 0 Å². The Morgan fingerprint density at radius 3 is 2.69 bits per heavy atom. The summed E-state index contributed by atoms with van der Waals surface area (Å²) in [4.78, 5) is 43.9. The third-order valence-electron chi connectivity index (χ3n) is 7.51. The molecule has 2 amide bonds. The van der Waals surface area contributed by atoms with Crippen molar-refractivity contribution in [2.24, 2.45) is 11.8 Å². The van der Waals surface area contributed by atoms with Crippen molar-refractivity contribution in [1.29, 1.82) is 0 Å². The molecule has 8 heteroatoms. The number of cyclic esters (lactones) is 1. The summed E-state index contributed by atoms with van der Waals surface area (Å²) in [6.07, 6.45) is 7.21. The molecule has 4 heterocycles. The summed E-state index contributed by atoms with van der Waals surface area (Å²) in [7, 11) is 0. The fourth-order valence-corrected chi connectivity index (χ4v) is 6.03. The number of amides is 2. The molecule has 0 aliphatic carbocycles. The lowest BCUT2D eigenvalue weighted by molar-refractivity contribution is -0.154. The van der Waals surface area contributed by atoms with Crippen molar-refractivity contribution in [2.45, 2.75) is 24.2 Å². The summed E-state index contributed by atoms with van der Waals surface area (Å²) in [5.74, 6) is -2.93. The van der Waals surface area contributed by atoms with Crippen LogP contribution in [0.1, 0.15) is 6.42 Å². The molecule has 8 nitrogen and oxygen atoms in total. The van der Waals surface area contributed by atoms with Gasteiger partial charge in [-0.1, -0.05) is 54.6 Å². The Morgan fingerprint density at radius 2 is 1.86 bits per heavy atom. The number of β-amino-alcohol motifs (C(OH)–C–C–N with tert-alkyl or cyclic N) is 1. The van der Waals surface area contributed by atoms with E-state index in [-0.39, 0.29) is 31.6 Å². The van der Waals surface area contributed by atoms with E-state index in [1.54, 1.807) is 11.0 Å². The van der Waals surface area contributed by atoms with Gasteiger partial charge < -0.3 is 24.4 Å². The first-order valence-electron chi connectivity index (χ1n) is 12.0. The minimum atomic E-state index is -1.32. The van der Waals surface area contributed by atoms with Crippen LogP contribution in [0.25, 0.3) is 10.8 Å². The Morgan fingerprint density at radius 1 is 1.03 bits per heavy atom. The number of rotatable bonds is 3. The first-order chi connectivity index (χ1) is 17.0. The maximum Gasteiger partial charge on any atom is 0.312 e. The Balaban J connectivity index is 1.45. The molecule has 5 atom stereocenters. The van der Waals surface area contributed by atoms with Gasteiger partial charge in [0.25, 0.3) is 5.91 Å². The number of carbonyl (C=O) groups excluding carboxylic acids is 3. The molecule has 0 radical (unpaired) electrons. The highest BCUT2D eigenvalue weighted by molar-refractivity contribution is 6.06. The van der Waals surface area contributed by atoms with Gasteiger partial charge in [-0.2, -0.15) is 0 Å². The second kappa shape index (κ2) is 8.32. The Hall–Kier alpha value is -3.49. The first kappa shape index (κ1) is 22.0. The summed E-state index contributed by atoms with van der Waals surface area (Å²) < 4.78 is 11.9. The lowest BCUT2D eigenvalue weighted by Crippen LogP contribution is -2.55. The number of benzene rings is 2. The van der Waals surface area contributed by atoms with Crippen LogP contribution in [0.2, 0.25) is 0 Å². The van der Waals surface area contributed by atoms with E-state index in [0.717, 1.165) is 10.8 Å². The zero-order valence-electron chi connectivity index (χ0n) is 19.1. The molecule has 0 saturated carbocycles. The number of hydrogen-bond acceptors (Lipinski definition) is 6. The number of nitrogens with zero attached hydrogens (tertiary/aromatic N) is 2. The van der Waals surface area contributed by atoms with Gasteiger partial charge in [0.1, 0.15) is 17.6 Å². The minimum absolute atomic E-state index is 0.0292. The van der Waals surface area contributed by atoms with Crippen molar-refractivity contribution in [2.75, 3.05) is 31.2 Å². The number of carbonyl (C=O) groups is 3. The Labute approximate surface area is 202 Å². The maximum atomic E-state index is 14.2. The lowest BCUT2D eigenvalue weighted by Gasteiger charge is -2.35. The van der Waals surface area contributed by atoms with E-state index in [2.05, 4.69) is 0 Å². The number of likely N-dealkylation sites (tertiary alicyclic amines) is 1. The summed E-state index contributed by atoms with van der Waals surface area (Å²) in [5.41, 5.74) is -0.614. The fourth-order valence-electron chi connectivity index (χ4n) is 6.03. The first-order valence-corrected chi connectivity index (χ1v) is 12.0. The molecular weight excluding hydrogens is 448 g/mol. The molecule has 0 bridgehead atoms. The van der Waals surface area contributed by atoms with Gasteiger partial charge in [0, 0.05) is 18.8 Å². The van der Waals surface area contributed by atoms with Crippen molar-refractivity contribution >= 4 is 34.2 Å². The second-order valence-corrected chi connectivity index (χ2v) is 9.36. The molecule has 4 aliphatic rings. The minimum Gasteiger partial charge on any atom is -0.465 e. The van der Waals surface area contributed by atoms with Crippen LogP contribution in [0.5, 0.6) is 0 Å². The molecule has 4 aliphatic heterocycles. The quantitative estimate of drug-likeness (QED) is 0.539. The van der Waals surface area contributed by atoms with Gasteiger partial charge >= 0.3 is 5.97 Å². The zero-order chi connectivity index (χ0) is 24.2. The normalized spacial score (nSPS) is 32.1. The third-order valence-corrected chi connectivity index (χ3v) is 7.51. The number of anilines is 1. The highest BCUT2D eigenvalue weighted by Gasteiger charge is 2.71. The molecule has 2 fully saturated rings. The maximum absolute atomic E-state index is 14.2. The average molecular weight is 475 g/mol. The van der Waals surface area contributed by atoms with Crippen molar-refractivity contribution < 1.29 is 29.0 Å². The Kier molecular flexibility index (Phi) is 5.23. The van der Waals surface area contributed by atoms with Crippen molar-refractivity contribution in [3.63, 3.8) is 0 Å². The highest BCUT2D eigenvalue weighted by atomic mass is 16.6. The highest BCUT2D eigenvalue weighted by Crippen LogP contribution is 2.53. The summed E-state index contributed by atoms with van der Waals surface area (Å²) in [6.45, 7) is 0.192. The Bertz CT molecular complexity index is 1270.